The minimum Gasteiger partial charge on any atom is -0.350 e. The van der Waals surface area contributed by atoms with Crippen LogP contribution in [0.25, 0.3) is 28.0 Å². The van der Waals surface area contributed by atoms with Crippen LogP contribution in [-0.4, -0.2) is 16.1 Å². The molecule has 1 unspecified atom stereocenters. The van der Waals surface area contributed by atoms with Crippen LogP contribution < -0.4 is 10.9 Å². The van der Waals surface area contributed by atoms with Crippen molar-refractivity contribution in [2.75, 3.05) is 0 Å². The van der Waals surface area contributed by atoms with Crippen molar-refractivity contribution >= 4 is 28.0 Å². The molecule has 4 nitrogen and oxygen atoms in total. The largest absolute Gasteiger partial charge is 0.350 e. The van der Waals surface area contributed by atoms with E-state index in [0.29, 0.717) is 16.8 Å². The highest BCUT2D eigenvalue weighted by atomic mass is 19.1. The lowest BCUT2D eigenvalue weighted by atomic mass is 9.99. The SMILES string of the molecule is O=c1c2c([nH]c3c(=O)c4cc(F)ccc4[nH]c13)C=CC(F)C2. The van der Waals surface area contributed by atoms with E-state index in [1.165, 1.54) is 24.3 Å². The first kappa shape index (κ1) is 12.9. The van der Waals surface area contributed by atoms with Gasteiger partial charge < -0.3 is 9.97 Å². The van der Waals surface area contributed by atoms with Gasteiger partial charge in [-0.1, -0.05) is 0 Å². The number of pyridine rings is 2. The number of hydrogen-bond donors (Lipinski definition) is 2. The molecule has 0 saturated heterocycles. The lowest BCUT2D eigenvalue weighted by Crippen LogP contribution is -2.23. The highest BCUT2D eigenvalue weighted by Crippen LogP contribution is 2.20. The van der Waals surface area contributed by atoms with E-state index >= 15 is 0 Å². The molecule has 0 bridgehead atoms. The van der Waals surface area contributed by atoms with E-state index in [1.807, 2.05) is 0 Å². The van der Waals surface area contributed by atoms with Gasteiger partial charge in [0.1, 0.15) is 23.0 Å². The molecule has 0 fully saturated rings. The topological polar surface area (TPSA) is 65.7 Å². The van der Waals surface area contributed by atoms with Gasteiger partial charge in [0.2, 0.25) is 10.9 Å². The van der Waals surface area contributed by atoms with E-state index in [-0.39, 0.29) is 22.8 Å². The Kier molecular flexibility index (Phi) is 2.57. The zero-order valence-electron chi connectivity index (χ0n) is 11.2. The van der Waals surface area contributed by atoms with E-state index in [1.54, 1.807) is 0 Å². The number of aromatic amines is 2. The van der Waals surface area contributed by atoms with Crippen molar-refractivity contribution in [3.63, 3.8) is 0 Å². The highest BCUT2D eigenvalue weighted by molar-refractivity contribution is 5.91. The number of nitrogens with one attached hydrogen (secondary N) is 2. The lowest BCUT2D eigenvalue weighted by molar-refractivity contribution is 0.396. The third kappa shape index (κ3) is 1.73. The minimum absolute atomic E-state index is 0.0272. The molecule has 4 rings (SSSR count). The van der Waals surface area contributed by atoms with Gasteiger partial charge in [0, 0.05) is 17.7 Å². The van der Waals surface area contributed by atoms with Crippen molar-refractivity contribution in [2.24, 2.45) is 0 Å². The quantitative estimate of drug-likeness (QED) is 0.626. The summed E-state index contributed by atoms with van der Waals surface area (Å²) in [5.41, 5.74) is 0.395. The van der Waals surface area contributed by atoms with Crippen molar-refractivity contribution in [2.45, 2.75) is 12.6 Å². The number of rotatable bonds is 0. The zero-order valence-corrected chi connectivity index (χ0v) is 11.2. The number of H-pyrrole nitrogens is 2. The van der Waals surface area contributed by atoms with E-state index < -0.39 is 22.8 Å². The van der Waals surface area contributed by atoms with Crippen LogP contribution in [-0.2, 0) is 6.42 Å². The molecular weight excluding hydrogens is 290 g/mol. The maximum absolute atomic E-state index is 13.5. The first-order valence-electron chi connectivity index (χ1n) is 6.77. The summed E-state index contributed by atoms with van der Waals surface area (Å²) in [5, 5.41) is 0.159. The van der Waals surface area contributed by atoms with Gasteiger partial charge in [-0.25, -0.2) is 8.78 Å². The molecule has 2 aromatic heterocycles. The lowest BCUT2D eigenvalue weighted by Gasteiger charge is -2.14. The van der Waals surface area contributed by atoms with Crippen molar-refractivity contribution < 1.29 is 8.78 Å². The molecule has 22 heavy (non-hydrogen) atoms. The summed E-state index contributed by atoms with van der Waals surface area (Å²) < 4.78 is 26.8. The van der Waals surface area contributed by atoms with Gasteiger partial charge in [-0.15, -0.1) is 0 Å². The number of halogens is 2. The van der Waals surface area contributed by atoms with Crippen LogP contribution in [0.15, 0.2) is 33.9 Å². The normalized spacial score (nSPS) is 17.1. The number of aromatic nitrogens is 2. The molecule has 1 aliphatic carbocycles. The Balaban J connectivity index is 2.20. The number of hydrogen-bond acceptors (Lipinski definition) is 2. The van der Waals surface area contributed by atoms with Crippen LogP contribution in [0.3, 0.4) is 0 Å². The third-order valence-electron chi connectivity index (χ3n) is 3.92. The molecule has 1 aromatic carbocycles. The molecule has 3 aromatic rings. The number of benzene rings is 1. The van der Waals surface area contributed by atoms with Crippen LogP contribution in [0.1, 0.15) is 11.3 Å². The van der Waals surface area contributed by atoms with Crippen molar-refractivity contribution in [3.8, 4) is 0 Å². The fourth-order valence-electron chi connectivity index (χ4n) is 2.84. The zero-order chi connectivity index (χ0) is 15.4. The van der Waals surface area contributed by atoms with Crippen molar-refractivity contribution in [1.82, 2.24) is 9.97 Å². The Morgan fingerprint density at radius 3 is 2.68 bits per heavy atom. The van der Waals surface area contributed by atoms with Crippen molar-refractivity contribution in [3.05, 3.63) is 61.8 Å². The number of fused-ring (bicyclic) bond motifs is 3. The minimum atomic E-state index is -1.22. The number of allylic oxidation sites excluding steroid dienone is 1. The van der Waals surface area contributed by atoms with Crippen LogP contribution in [0, 0.1) is 5.82 Å². The fourth-order valence-corrected chi connectivity index (χ4v) is 2.84. The Hall–Kier alpha value is -2.76. The van der Waals surface area contributed by atoms with Crippen LogP contribution in [0.2, 0.25) is 0 Å². The van der Waals surface area contributed by atoms with Gasteiger partial charge in [0.15, 0.2) is 0 Å². The molecular formula is C16H10F2N2O2. The second-order valence-corrected chi connectivity index (χ2v) is 5.32. The summed E-state index contributed by atoms with van der Waals surface area (Å²) >= 11 is 0. The molecule has 1 atom stereocenters. The average Bonchev–Trinajstić information content (AvgIpc) is 2.50. The number of alkyl halides is 1. The van der Waals surface area contributed by atoms with E-state index in [4.69, 9.17) is 0 Å². The summed E-state index contributed by atoms with van der Waals surface area (Å²) in [4.78, 5) is 30.7. The standard InChI is InChI=1S/C16H10F2N2O2/c17-7-1-3-11-9(5-7)15(21)14-13(19-11)16(22)10-6-8(18)2-4-12(10)20-14/h1-5,8H,6H2,(H,19,21)(H,20,22). The summed E-state index contributed by atoms with van der Waals surface area (Å²) in [6, 6.07) is 3.73. The summed E-state index contributed by atoms with van der Waals surface area (Å²) in [6.07, 6.45) is 1.55. The first-order chi connectivity index (χ1) is 10.5. The maximum atomic E-state index is 13.5. The second-order valence-electron chi connectivity index (χ2n) is 5.32. The predicted octanol–water partition coefficient (Wildman–Crippen LogP) is 2.42. The van der Waals surface area contributed by atoms with E-state index in [2.05, 4.69) is 9.97 Å². The van der Waals surface area contributed by atoms with Gasteiger partial charge in [-0.2, -0.15) is 0 Å². The van der Waals surface area contributed by atoms with Crippen molar-refractivity contribution in [1.29, 1.82) is 0 Å². The average molecular weight is 300 g/mol. The third-order valence-corrected chi connectivity index (χ3v) is 3.92. The maximum Gasteiger partial charge on any atom is 0.213 e. The predicted molar refractivity (Wildman–Crippen MR) is 80.3 cm³/mol. The Morgan fingerprint density at radius 1 is 1.09 bits per heavy atom. The summed E-state index contributed by atoms with van der Waals surface area (Å²) in [7, 11) is 0. The smallest absolute Gasteiger partial charge is 0.213 e. The summed E-state index contributed by atoms with van der Waals surface area (Å²) in [6.45, 7) is 0. The van der Waals surface area contributed by atoms with E-state index in [0.717, 1.165) is 6.07 Å². The Labute approximate surface area is 122 Å². The first-order valence-corrected chi connectivity index (χ1v) is 6.77. The van der Waals surface area contributed by atoms with Crippen LogP contribution in [0.4, 0.5) is 8.78 Å². The molecule has 110 valence electrons. The van der Waals surface area contributed by atoms with Gasteiger partial charge in [-0.05, 0) is 30.4 Å². The second kappa shape index (κ2) is 4.37. The molecule has 0 saturated carbocycles. The van der Waals surface area contributed by atoms with Gasteiger partial charge in [0.05, 0.1) is 10.9 Å². The summed E-state index contributed by atoms with van der Waals surface area (Å²) in [5.74, 6) is -0.530. The molecule has 6 heteroatoms. The molecule has 0 aliphatic heterocycles. The molecule has 2 heterocycles. The monoisotopic (exact) mass is 300 g/mol. The highest BCUT2D eigenvalue weighted by Gasteiger charge is 2.20. The molecule has 2 N–H and O–H groups in total. The fraction of sp³-hybridized carbons (Fsp3) is 0.125. The molecule has 1 aliphatic rings. The van der Waals surface area contributed by atoms with Crippen LogP contribution in [0.5, 0.6) is 0 Å². The molecule has 0 spiro atoms. The molecule has 0 radical (unpaired) electrons. The van der Waals surface area contributed by atoms with Gasteiger partial charge in [-0.3, -0.25) is 9.59 Å². The Morgan fingerprint density at radius 2 is 1.86 bits per heavy atom. The van der Waals surface area contributed by atoms with Crippen LogP contribution >= 0.6 is 0 Å². The Bertz CT molecular complexity index is 1080. The van der Waals surface area contributed by atoms with Gasteiger partial charge >= 0.3 is 0 Å². The van der Waals surface area contributed by atoms with E-state index in [9.17, 15) is 18.4 Å². The molecule has 0 amide bonds. The van der Waals surface area contributed by atoms with Gasteiger partial charge in [0.25, 0.3) is 0 Å².